The van der Waals surface area contributed by atoms with Crippen LogP contribution < -0.4 is 10.6 Å². The number of carbonyl (C=O) groups is 3. The van der Waals surface area contributed by atoms with Crippen LogP contribution in [0.2, 0.25) is 0 Å². The largest absolute Gasteiger partial charge is 0.480 e. The molecule has 0 radical (unpaired) electrons. The van der Waals surface area contributed by atoms with Crippen molar-refractivity contribution in [3.05, 3.63) is 0 Å². The van der Waals surface area contributed by atoms with Gasteiger partial charge >= 0.3 is 12.0 Å². The van der Waals surface area contributed by atoms with Crippen molar-refractivity contribution in [3.8, 4) is 0 Å². The molecule has 7 nitrogen and oxygen atoms in total. The lowest BCUT2D eigenvalue weighted by atomic mass is 10.3. The lowest BCUT2D eigenvalue weighted by Gasteiger charge is -2.23. The molecule has 0 aromatic carbocycles. The number of urea groups is 1. The number of nitrogens with one attached hydrogen (secondary N) is 2. The van der Waals surface area contributed by atoms with Gasteiger partial charge < -0.3 is 20.6 Å². The summed E-state index contributed by atoms with van der Waals surface area (Å²) in [5.41, 5.74) is 0. The number of hydrogen-bond donors (Lipinski definition) is 3. The molecule has 0 aromatic rings. The van der Waals surface area contributed by atoms with E-state index in [-0.39, 0.29) is 18.5 Å². The quantitative estimate of drug-likeness (QED) is 0.614. The van der Waals surface area contributed by atoms with Gasteiger partial charge in [-0.15, -0.1) is 0 Å². The number of carboxylic acids is 1. The van der Waals surface area contributed by atoms with Gasteiger partial charge in [0, 0.05) is 12.6 Å². The van der Waals surface area contributed by atoms with Crippen molar-refractivity contribution in [3.63, 3.8) is 0 Å². The first-order chi connectivity index (χ1) is 8.93. The first kappa shape index (κ1) is 15.3. The second-order valence-electron chi connectivity index (χ2n) is 4.77. The second-order valence-corrected chi connectivity index (χ2v) is 4.77. The molecule has 0 aliphatic heterocycles. The predicted molar refractivity (Wildman–Crippen MR) is 68.7 cm³/mol. The standard InChI is InChI=1S/C12H21N3O4/c1-3-6-15(7-10(16)17)12(19)13-8(2)11(18)14-9-4-5-9/h8-9H,3-7H2,1-2H3,(H,13,19)(H,14,18)(H,16,17). The zero-order valence-corrected chi connectivity index (χ0v) is 11.3. The highest BCUT2D eigenvalue weighted by atomic mass is 16.4. The van der Waals surface area contributed by atoms with E-state index in [0.717, 1.165) is 12.8 Å². The number of rotatable bonds is 7. The van der Waals surface area contributed by atoms with Gasteiger partial charge in [-0.25, -0.2) is 4.79 Å². The van der Waals surface area contributed by atoms with E-state index in [9.17, 15) is 14.4 Å². The summed E-state index contributed by atoms with van der Waals surface area (Å²) in [7, 11) is 0. The van der Waals surface area contributed by atoms with Crippen LogP contribution in [0, 0.1) is 0 Å². The fraction of sp³-hybridized carbons (Fsp3) is 0.750. The zero-order valence-electron chi connectivity index (χ0n) is 11.3. The Balaban J connectivity index is 2.44. The van der Waals surface area contributed by atoms with Gasteiger partial charge in [-0.2, -0.15) is 0 Å². The maximum atomic E-state index is 11.9. The normalized spacial score (nSPS) is 15.5. The van der Waals surface area contributed by atoms with Gasteiger partial charge in [0.15, 0.2) is 0 Å². The van der Waals surface area contributed by atoms with Gasteiger partial charge in [0.2, 0.25) is 5.91 Å². The summed E-state index contributed by atoms with van der Waals surface area (Å²) in [4.78, 5) is 35.4. The molecule has 1 saturated carbocycles. The van der Waals surface area contributed by atoms with Crippen LogP contribution >= 0.6 is 0 Å². The summed E-state index contributed by atoms with van der Waals surface area (Å²) < 4.78 is 0. The number of hydrogen-bond acceptors (Lipinski definition) is 3. The summed E-state index contributed by atoms with van der Waals surface area (Å²) in [5.74, 6) is -1.30. The van der Waals surface area contributed by atoms with Crippen molar-refractivity contribution >= 4 is 17.9 Å². The number of amides is 3. The molecule has 3 N–H and O–H groups in total. The number of aliphatic carboxylic acids is 1. The summed E-state index contributed by atoms with van der Waals surface area (Å²) >= 11 is 0. The number of nitrogens with zero attached hydrogens (tertiary/aromatic N) is 1. The second kappa shape index (κ2) is 6.96. The average Bonchev–Trinajstić information content (AvgIpc) is 3.11. The summed E-state index contributed by atoms with van der Waals surface area (Å²) in [6.07, 6.45) is 2.62. The van der Waals surface area contributed by atoms with Crippen molar-refractivity contribution in [1.29, 1.82) is 0 Å². The van der Waals surface area contributed by atoms with Gasteiger partial charge in [-0.3, -0.25) is 9.59 Å². The molecule has 1 fully saturated rings. The summed E-state index contributed by atoms with van der Waals surface area (Å²) in [6, 6.07) is -0.957. The van der Waals surface area contributed by atoms with Crippen LogP contribution in [0.1, 0.15) is 33.1 Å². The topological polar surface area (TPSA) is 98.7 Å². The molecule has 0 bridgehead atoms. The van der Waals surface area contributed by atoms with E-state index in [1.165, 1.54) is 4.90 Å². The van der Waals surface area contributed by atoms with Gasteiger partial charge in [-0.05, 0) is 26.2 Å². The fourth-order valence-corrected chi connectivity index (χ4v) is 1.58. The smallest absolute Gasteiger partial charge is 0.323 e. The first-order valence-electron chi connectivity index (χ1n) is 6.51. The minimum atomic E-state index is -1.07. The molecule has 0 saturated heterocycles. The van der Waals surface area contributed by atoms with Crippen LogP contribution in [0.3, 0.4) is 0 Å². The minimum absolute atomic E-state index is 0.234. The zero-order chi connectivity index (χ0) is 14.4. The van der Waals surface area contributed by atoms with Gasteiger partial charge in [-0.1, -0.05) is 6.92 Å². The van der Waals surface area contributed by atoms with E-state index < -0.39 is 18.0 Å². The average molecular weight is 271 g/mol. The minimum Gasteiger partial charge on any atom is -0.480 e. The van der Waals surface area contributed by atoms with Crippen molar-refractivity contribution in [2.45, 2.75) is 45.2 Å². The maximum Gasteiger partial charge on any atom is 0.323 e. The molecular formula is C12H21N3O4. The molecule has 1 atom stereocenters. The van der Waals surface area contributed by atoms with E-state index in [1.807, 2.05) is 6.92 Å². The lowest BCUT2D eigenvalue weighted by molar-refractivity contribution is -0.137. The Hall–Kier alpha value is -1.79. The third kappa shape index (κ3) is 5.58. The number of carbonyl (C=O) groups excluding carboxylic acids is 2. The molecule has 1 aliphatic rings. The molecular weight excluding hydrogens is 250 g/mol. The fourth-order valence-electron chi connectivity index (χ4n) is 1.58. The molecule has 3 amide bonds. The van der Waals surface area contributed by atoms with Crippen molar-refractivity contribution in [1.82, 2.24) is 15.5 Å². The third-order valence-electron chi connectivity index (χ3n) is 2.76. The van der Waals surface area contributed by atoms with Gasteiger partial charge in [0.1, 0.15) is 12.6 Å². The van der Waals surface area contributed by atoms with Gasteiger partial charge in [0.05, 0.1) is 0 Å². The molecule has 108 valence electrons. The van der Waals surface area contributed by atoms with E-state index in [0.29, 0.717) is 13.0 Å². The molecule has 1 aliphatic carbocycles. The summed E-state index contributed by atoms with van der Waals surface area (Å²) in [6.45, 7) is 3.41. The van der Waals surface area contributed by atoms with Crippen LogP contribution in [-0.4, -0.2) is 53.1 Å². The van der Waals surface area contributed by atoms with Crippen LogP contribution in [0.15, 0.2) is 0 Å². The highest BCUT2D eigenvalue weighted by molar-refractivity contribution is 5.88. The van der Waals surface area contributed by atoms with E-state index >= 15 is 0 Å². The lowest BCUT2D eigenvalue weighted by Crippen LogP contribution is -2.51. The molecule has 0 heterocycles. The summed E-state index contributed by atoms with van der Waals surface area (Å²) in [5, 5.41) is 14.0. The third-order valence-corrected chi connectivity index (χ3v) is 2.76. The van der Waals surface area contributed by atoms with Crippen LogP contribution in [0.25, 0.3) is 0 Å². The predicted octanol–water partition coefficient (Wildman–Crippen LogP) is 0.160. The molecule has 1 unspecified atom stereocenters. The monoisotopic (exact) mass is 271 g/mol. The van der Waals surface area contributed by atoms with Crippen molar-refractivity contribution < 1.29 is 19.5 Å². The van der Waals surface area contributed by atoms with Gasteiger partial charge in [0.25, 0.3) is 0 Å². The Labute approximate surface area is 112 Å². The van der Waals surface area contributed by atoms with E-state index in [2.05, 4.69) is 10.6 Å². The molecule has 0 spiro atoms. The van der Waals surface area contributed by atoms with Crippen LogP contribution in [-0.2, 0) is 9.59 Å². The van der Waals surface area contributed by atoms with Crippen molar-refractivity contribution in [2.75, 3.05) is 13.1 Å². The Morgan fingerprint density at radius 1 is 1.37 bits per heavy atom. The Morgan fingerprint density at radius 2 is 2.00 bits per heavy atom. The molecule has 7 heteroatoms. The van der Waals surface area contributed by atoms with Crippen LogP contribution in [0.5, 0.6) is 0 Å². The SMILES string of the molecule is CCCN(CC(=O)O)C(=O)NC(C)C(=O)NC1CC1. The van der Waals surface area contributed by atoms with Crippen molar-refractivity contribution in [2.24, 2.45) is 0 Å². The Morgan fingerprint density at radius 3 is 2.47 bits per heavy atom. The Bertz CT molecular complexity index is 355. The molecule has 0 aromatic heterocycles. The number of carboxylic acid groups (broad SMARTS) is 1. The Kier molecular flexibility index (Phi) is 5.59. The highest BCUT2D eigenvalue weighted by Crippen LogP contribution is 2.18. The van der Waals surface area contributed by atoms with E-state index in [1.54, 1.807) is 6.92 Å². The van der Waals surface area contributed by atoms with Crippen LogP contribution in [0.4, 0.5) is 4.79 Å². The highest BCUT2D eigenvalue weighted by Gasteiger charge is 2.27. The molecule has 19 heavy (non-hydrogen) atoms. The first-order valence-corrected chi connectivity index (χ1v) is 6.51. The maximum absolute atomic E-state index is 11.9. The van der Waals surface area contributed by atoms with E-state index in [4.69, 9.17) is 5.11 Å². The molecule has 1 rings (SSSR count).